The predicted molar refractivity (Wildman–Crippen MR) is 81.1 cm³/mol. The van der Waals surface area contributed by atoms with E-state index >= 15 is 0 Å². The summed E-state index contributed by atoms with van der Waals surface area (Å²) in [5.41, 5.74) is -0.755. The third kappa shape index (κ3) is 3.91. The molecule has 1 saturated heterocycles. The van der Waals surface area contributed by atoms with Crippen LogP contribution < -0.4 is 10.2 Å². The molecule has 0 saturated carbocycles. The zero-order valence-corrected chi connectivity index (χ0v) is 13.0. The van der Waals surface area contributed by atoms with E-state index in [4.69, 9.17) is 4.74 Å². The van der Waals surface area contributed by atoms with Gasteiger partial charge in [-0.05, 0) is 20.8 Å². The summed E-state index contributed by atoms with van der Waals surface area (Å²) in [6.45, 7) is 7.98. The lowest BCUT2D eigenvalue weighted by atomic mass is 10.2. The van der Waals surface area contributed by atoms with Gasteiger partial charge in [0, 0.05) is 38.4 Å². The lowest BCUT2D eigenvalue weighted by molar-refractivity contribution is -0.384. The first kappa shape index (κ1) is 16.2. The van der Waals surface area contributed by atoms with Crippen LogP contribution in [-0.4, -0.2) is 47.7 Å². The van der Waals surface area contributed by atoms with E-state index < -0.39 is 16.5 Å². The first-order valence-electron chi connectivity index (χ1n) is 7.11. The van der Waals surface area contributed by atoms with Gasteiger partial charge < -0.3 is 15.0 Å². The SMILES string of the molecule is CC(C)(C)OC(=O)c1cnc(N2CCNCC2)c([N+](=O)[O-])c1. The van der Waals surface area contributed by atoms with Crippen LogP contribution in [0.4, 0.5) is 11.5 Å². The summed E-state index contributed by atoms with van der Waals surface area (Å²) >= 11 is 0. The van der Waals surface area contributed by atoms with E-state index in [1.54, 1.807) is 20.8 Å². The van der Waals surface area contributed by atoms with Gasteiger partial charge in [0.25, 0.3) is 0 Å². The highest BCUT2D eigenvalue weighted by Crippen LogP contribution is 2.27. The summed E-state index contributed by atoms with van der Waals surface area (Å²) in [6, 6.07) is 1.23. The number of pyridine rings is 1. The Morgan fingerprint density at radius 2 is 2.05 bits per heavy atom. The summed E-state index contributed by atoms with van der Waals surface area (Å²) in [6.07, 6.45) is 1.33. The molecule has 0 aliphatic carbocycles. The van der Waals surface area contributed by atoms with Gasteiger partial charge in [-0.25, -0.2) is 9.78 Å². The quantitative estimate of drug-likeness (QED) is 0.511. The van der Waals surface area contributed by atoms with Crippen LogP contribution in [-0.2, 0) is 4.74 Å². The molecule has 1 fully saturated rings. The molecule has 0 amide bonds. The van der Waals surface area contributed by atoms with E-state index in [1.807, 2.05) is 4.90 Å². The van der Waals surface area contributed by atoms with E-state index in [-0.39, 0.29) is 11.3 Å². The van der Waals surface area contributed by atoms with Gasteiger partial charge in [-0.1, -0.05) is 0 Å². The Morgan fingerprint density at radius 1 is 1.41 bits per heavy atom. The molecule has 1 aromatic rings. The average molecular weight is 308 g/mol. The van der Waals surface area contributed by atoms with Crippen LogP contribution in [0, 0.1) is 10.1 Å². The second kappa shape index (κ2) is 6.27. The van der Waals surface area contributed by atoms with Crippen LogP contribution in [0.3, 0.4) is 0 Å². The molecule has 8 heteroatoms. The second-order valence-corrected chi connectivity index (χ2v) is 6.06. The standard InChI is InChI=1S/C14H20N4O4/c1-14(2,3)22-13(19)10-8-11(18(20)21)12(16-9-10)17-6-4-15-5-7-17/h8-9,15H,4-7H2,1-3H3. The van der Waals surface area contributed by atoms with Gasteiger partial charge in [-0.2, -0.15) is 0 Å². The molecule has 1 aliphatic heterocycles. The van der Waals surface area contributed by atoms with Crippen molar-refractivity contribution in [2.24, 2.45) is 0 Å². The number of nitro groups is 1. The van der Waals surface area contributed by atoms with E-state index in [9.17, 15) is 14.9 Å². The number of ether oxygens (including phenoxy) is 1. The third-order valence-corrected chi connectivity index (χ3v) is 3.10. The predicted octanol–water partition coefficient (Wildman–Crippen LogP) is 1.35. The van der Waals surface area contributed by atoms with E-state index in [2.05, 4.69) is 10.3 Å². The molecular weight excluding hydrogens is 288 g/mol. The Kier molecular flexibility index (Phi) is 4.60. The largest absolute Gasteiger partial charge is 0.456 e. The molecule has 8 nitrogen and oxygen atoms in total. The Labute approximate surface area is 128 Å². The minimum Gasteiger partial charge on any atom is -0.456 e. The molecule has 0 spiro atoms. The Morgan fingerprint density at radius 3 is 2.59 bits per heavy atom. The zero-order valence-electron chi connectivity index (χ0n) is 13.0. The van der Waals surface area contributed by atoms with Crippen molar-refractivity contribution in [3.8, 4) is 0 Å². The number of aromatic nitrogens is 1. The van der Waals surface area contributed by atoms with Crippen molar-refractivity contribution in [3.05, 3.63) is 27.9 Å². The fraction of sp³-hybridized carbons (Fsp3) is 0.571. The normalized spacial score (nSPS) is 15.5. The number of piperazine rings is 1. The van der Waals surface area contributed by atoms with Gasteiger partial charge in [0.2, 0.25) is 5.82 Å². The van der Waals surface area contributed by atoms with E-state index in [1.165, 1.54) is 12.3 Å². The highest BCUT2D eigenvalue weighted by molar-refractivity contribution is 5.90. The van der Waals surface area contributed by atoms with Gasteiger partial charge in [0.1, 0.15) is 5.60 Å². The highest BCUT2D eigenvalue weighted by atomic mass is 16.6. The molecule has 1 aromatic heterocycles. The highest BCUT2D eigenvalue weighted by Gasteiger charge is 2.26. The summed E-state index contributed by atoms with van der Waals surface area (Å²) in [7, 11) is 0. The molecule has 120 valence electrons. The third-order valence-electron chi connectivity index (χ3n) is 3.10. The van der Waals surface area contributed by atoms with Gasteiger partial charge in [0.05, 0.1) is 10.5 Å². The molecule has 2 rings (SSSR count). The molecule has 0 bridgehead atoms. The Hall–Kier alpha value is -2.22. The maximum Gasteiger partial charge on any atom is 0.340 e. The number of carbonyl (C=O) groups excluding carboxylic acids is 1. The van der Waals surface area contributed by atoms with Crippen molar-refractivity contribution >= 4 is 17.5 Å². The molecule has 0 radical (unpaired) electrons. The number of nitrogens with zero attached hydrogens (tertiary/aromatic N) is 3. The van der Waals surface area contributed by atoms with E-state index in [0.29, 0.717) is 18.9 Å². The Balaban J connectivity index is 2.30. The monoisotopic (exact) mass is 308 g/mol. The van der Waals surface area contributed by atoms with Crippen molar-refractivity contribution < 1.29 is 14.5 Å². The fourth-order valence-electron chi connectivity index (χ4n) is 2.15. The molecule has 22 heavy (non-hydrogen) atoms. The first-order valence-corrected chi connectivity index (χ1v) is 7.11. The number of esters is 1. The molecule has 1 N–H and O–H groups in total. The summed E-state index contributed by atoms with van der Waals surface area (Å²) in [4.78, 5) is 28.8. The summed E-state index contributed by atoms with van der Waals surface area (Å²) in [5.74, 6) is -0.325. The van der Waals surface area contributed by atoms with Crippen LogP contribution >= 0.6 is 0 Å². The smallest absolute Gasteiger partial charge is 0.340 e. The summed E-state index contributed by atoms with van der Waals surface area (Å²) in [5, 5.41) is 14.5. The van der Waals surface area contributed by atoms with Crippen LogP contribution in [0.15, 0.2) is 12.3 Å². The zero-order chi connectivity index (χ0) is 16.3. The second-order valence-electron chi connectivity index (χ2n) is 6.06. The van der Waals surface area contributed by atoms with Crippen LogP contribution in [0.2, 0.25) is 0 Å². The number of anilines is 1. The molecule has 1 aliphatic rings. The molecule has 2 heterocycles. The Bertz CT molecular complexity index is 577. The van der Waals surface area contributed by atoms with Crippen LogP contribution in [0.5, 0.6) is 0 Å². The van der Waals surface area contributed by atoms with Crippen molar-refractivity contribution in [2.75, 3.05) is 31.1 Å². The lowest BCUT2D eigenvalue weighted by Gasteiger charge is -2.28. The van der Waals surface area contributed by atoms with Crippen molar-refractivity contribution in [2.45, 2.75) is 26.4 Å². The molecule has 0 aromatic carbocycles. The number of carbonyl (C=O) groups is 1. The van der Waals surface area contributed by atoms with Crippen molar-refractivity contribution in [1.29, 1.82) is 0 Å². The maximum atomic E-state index is 12.0. The number of nitrogens with one attached hydrogen (secondary N) is 1. The number of hydrogen-bond acceptors (Lipinski definition) is 7. The van der Waals surface area contributed by atoms with Gasteiger partial charge in [-0.3, -0.25) is 10.1 Å². The van der Waals surface area contributed by atoms with Crippen LogP contribution in [0.1, 0.15) is 31.1 Å². The van der Waals surface area contributed by atoms with Gasteiger partial charge in [-0.15, -0.1) is 0 Å². The minimum atomic E-state index is -0.664. The average Bonchev–Trinajstić information content (AvgIpc) is 2.45. The number of hydrogen-bond donors (Lipinski definition) is 1. The number of rotatable bonds is 3. The molecular formula is C14H20N4O4. The molecule has 0 atom stereocenters. The van der Waals surface area contributed by atoms with Crippen molar-refractivity contribution in [3.63, 3.8) is 0 Å². The van der Waals surface area contributed by atoms with E-state index in [0.717, 1.165) is 13.1 Å². The van der Waals surface area contributed by atoms with Crippen LogP contribution in [0.25, 0.3) is 0 Å². The summed E-state index contributed by atoms with van der Waals surface area (Å²) < 4.78 is 5.22. The minimum absolute atomic E-state index is 0.0838. The first-order chi connectivity index (χ1) is 10.3. The van der Waals surface area contributed by atoms with Gasteiger partial charge in [0.15, 0.2) is 0 Å². The lowest BCUT2D eigenvalue weighted by Crippen LogP contribution is -2.44. The van der Waals surface area contributed by atoms with Gasteiger partial charge >= 0.3 is 11.7 Å². The maximum absolute atomic E-state index is 12.0. The topological polar surface area (TPSA) is 97.6 Å². The fourth-order valence-corrected chi connectivity index (χ4v) is 2.15. The van der Waals surface area contributed by atoms with Crippen molar-refractivity contribution in [1.82, 2.24) is 10.3 Å². The molecule has 0 unspecified atom stereocenters.